The third kappa shape index (κ3) is 5.36. The molecule has 0 aliphatic carbocycles. The summed E-state index contributed by atoms with van der Waals surface area (Å²) in [6.07, 6.45) is 0. The maximum atomic E-state index is 13.0. The molecular weight excluding hydrogens is 405 g/mol. The third-order valence-corrected chi connectivity index (χ3v) is 5.79. The molecule has 0 fully saturated rings. The van der Waals surface area contributed by atoms with Gasteiger partial charge in [0.1, 0.15) is 5.82 Å². The minimum Gasteiger partial charge on any atom is -0.378 e. The zero-order valence-electron chi connectivity index (χ0n) is 16.6. The van der Waals surface area contributed by atoms with Gasteiger partial charge in [-0.05, 0) is 60.2 Å². The van der Waals surface area contributed by atoms with Crippen LogP contribution in [-0.2, 0) is 16.6 Å². The maximum absolute atomic E-state index is 13.0. The number of sulfonamides is 1. The molecule has 1 amide bonds. The van der Waals surface area contributed by atoms with Gasteiger partial charge in [0.25, 0.3) is 15.9 Å². The number of amides is 1. The molecule has 0 spiro atoms. The summed E-state index contributed by atoms with van der Waals surface area (Å²) in [6, 6.07) is 18.5. The Balaban J connectivity index is 1.69. The van der Waals surface area contributed by atoms with Crippen LogP contribution in [0.1, 0.15) is 15.9 Å². The highest BCUT2D eigenvalue weighted by atomic mass is 32.2. The molecular formula is C22H22FN3O3S. The summed E-state index contributed by atoms with van der Waals surface area (Å²) in [5.41, 5.74) is 2.43. The molecule has 30 heavy (non-hydrogen) atoms. The second-order valence-electron chi connectivity index (χ2n) is 6.88. The van der Waals surface area contributed by atoms with Gasteiger partial charge < -0.3 is 10.2 Å². The molecule has 0 heterocycles. The van der Waals surface area contributed by atoms with Crippen molar-refractivity contribution >= 4 is 27.3 Å². The van der Waals surface area contributed by atoms with Crippen LogP contribution in [-0.4, -0.2) is 28.4 Å². The summed E-state index contributed by atoms with van der Waals surface area (Å²) in [7, 11) is -0.0250. The molecule has 0 aliphatic heterocycles. The summed E-state index contributed by atoms with van der Waals surface area (Å²) in [6.45, 7) is 0.317. The van der Waals surface area contributed by atoms with Crippen molar-refractivity contribution in [3.05, 3.63) is 89.7 Å². The van der Waals surface area contributed by atoms with E-state index < -0.39 is 15.8 Å². The highest BCUT2D eigenvalue weighted by molar-refractivity contribution is 7.92. The van der Waals surface area contributed by atoms with Crippen molar-refractivity contribution in [2.45, 2.75) is 11.4 Å². The van der Waals surface area contributed by atoms with Crippen LogP contribution in [0.2, 0.25) is 0 Å². The number of carbonyl (C=O) groups excluding carboxylic acids is 1. The number of hydrogen-bond acceptors (Lipinski definition) is 4. The molecule has 0 aromatic heterocycles. The SMILES string of the molecule is CN(C)c1ccc(CNC(=O)c2cccc(S(=O)(=O)Nc3ccc(F)cc3)c2)cc1. The molecule has 3 aromatic carbocycles. The summed E-state index contributed by atoms with van der Waals surface area (Å²) < 4.78 is 40.6. The molecule has 0 saturated heterocycles. The lowest BCUT2D eigenvalue weighted by Crippen LogP contribution is -2.23. The average Bonchev–Trinajstić information content (AvgIpc) is 2.74. The van der Waals surface area contributed by atoms with E-state index in [2.05, 4.69) is 10.0 Å². The first kappa shape index (κ1) is 21.3. The Labute approximate surface area is 175 Å². The summed E-state index contributed by atoms with van der Waals surface area (Å²) in [4.78, 5) is 14.4. The molecule has 3 aromatic rings. The molecule has 0 saturated carbocycles. The van der Waals surface area contributed by atoms with Crippen molar-refractivity contribution in [3.8, 4) is 0 Å². The lowest BCUT2D eigenvalue weighted by molar-refractivity contribution is 0.0950. The van der Waals surface area contributed by atoms with E-state index in [0.717, 1.165) is 23.4 Å². The number of rotatable bonds is 7. The van der Waals surface area contributed by atoms with Crippen LogP contribution in [0.3, 0.4) is 0 Å². The van der Waals surface area contributed by atoms with Crippen LogP contribution in [0, 0.1) is 5.82 Å². The molecule has 6 nitrogen and oxygen atoms in total. The lowest BCUT2D eigenvalue weighted by Gasteiger charge is -2.13. The second-order valence-corrected chi connectivity index (χ2v) is 8.57. The van der Waals surface area contributed by atoms with E-state index in [1.54, 1.807) is 6.07 Å². The normalized spacial score (nSPS) is 11.0. The molecule has 3 rings (SSSR count). The van der Waals surface area contributed by atoms with Crippen LogP contribution in [0.25, 0.3) is 0 Å². The van der Waals surface area contributed by atoms with Crippen LogP contribution in [0.4, 0.5) is 15.8 Å². The van der Waals surface area contributed by atoms with Crippen molar-refractivity contribution in [1.82, 2.24) is 5.32 Å². The van der Waals surface area contributed by atoms with Crippen LogP contribution < -0.4 is 14.9 Å². The van der Waals surface area contributed by atoms with E-state index in [0.29, 0.717) is 6.54 Å². The van der Waals surface area contributed by atoms with Gasteiger partial charge in [-0.15, -0.1) is 0 Å². The fourth-order valence-electron chi connectivity index (χ4n) is 2.73. The van der Waals surface area contributed by atoms with Gasteiger partial charge in [0.05, 0.1) is 4.90 Å². The summed E-state index contributed by atoms with van der Waals surface area (Å²) in [5.74, 6) is -0.849. The predicted octanol–water partition coefficient (Wildman–Crippen LogP) is 3.62. The van der Waals surface area contributed by atoms with Gasteiger partial charge in [0.15, 0.2) is 0 Å². The Morgan fingerprint density at radius 1 is 0.967 bits per heavy atom. The molecule has 0 unspecified atom stereocenters. The molecule has 8 heteroatoms. The standard InChI is InChI=1S/C22H22FN3O3S/c1-26(2)20-12-6-16(7-13-20)15-24-22(27)17-4-3-5-21(14-17)30(28,29)25-19-10-8-18(23)9-11-19/h3-14,25H,15H2,1-2H3,(H,24,27). The monoisotopic (exact) mass is 427 g/mol. The number of benzene rings is 3. The largest absolute Gasteiger partial charge is 0.378 e. The zero-order valence-corrected chi connectivity index (χ0v) is 17.4. The fraction of sp³-hybridized carbons (Fsp3) is 0.136. The summed E-state index contributed by atoms with van der Waals surface area (Å²) in [5, 5.41) is 2.79. The number of carbonyl (C=O) groups is 1. The van der Waals surface area contributed by atoms with Crippen molar-refractivity contribution in [1.29, 1.82) is 0 Å². The quantitative estimate of drug-likeness (QED) is 0.604. The molecule has 156 valence electrons. The smallest absolute Gasteiger partial charge is 0.261 e. The lowest BCUT2D eigenvalue weighted by atomic mass is 10.1. The van der Waals surface area contributed by atoms with Crippen molar-refractivity contribution in [3.63, 3.8) is 0 Å². The average molecular weight is 428 g/mol. The van der Waals surface area contributed by atoms with Crippen molar-refractivity contribution in [2.24, 2.45) is 0 Å². The molecule has 0 atom stereocenters. The van der Waals surface area contributed by atoms with Gasteiger partial charge >= 0.3 is 0 Å². The highest BCUT2D eigenvalue weighted by Crippen LogP contribution is 2.18. The number of hydrogen-bond donors (Lipinski definition) is 2. The van der Waals surface area contributed by atoms with Crippen molar-refractivity contribution < 1.29 is 17.6 Å². The summed E-state index contributed by atoms with van der Waals surface area (Å²) >= 11 is 0. The topological polar surface area (TPSA) is 78.5 Å². The van der Waals surface area contributed by atoms with Gasteiger partial charge in [-0.2, -0.15) is 0 Å². The Morgan fingerprint density at radius 3 is 2.27 bits per heavy atom. The van der Waals surface area contributed by atoms with E-state index in [1.807, 2.05) is 43.3 Å². The van der Waals surface area contributed by atoms with E-state index in [4.69, 9.17) is 0 Å². The Bertz CT molecular complexity index is 1130. The van der Waals surface area contributed by atoms with Gasteiger partial charge in [0.2, 0.25) is 0 Å². The van der Waals surface area contributed by atoms with Crippen LogP contribution >= 0.6 is 0 Å². The Morgan fingerprint density at radius 2 is 1.63 bits per heavy atom. The molecule has 0 radical (unpaired) electrons. The minimum atomic E-state index is -3.92. The molecule has 0 aliphatic rings. The number of anilines is 2. The van der Waals surface area contributed by atoms with Crippen LogP contribution in [0.5, 0.6) is 0 Å². The van der Waals surface area contributed by atoms with Gasteiger partial charge in [-0.1, -0.05) is 18.2 Å². The predicted molar refractivity (Wildman–Crippen MR) is 116 cm³/mol. The first-order valence-electron chi connectivity index (χ1n) is 9.17. The van der Waals surface area contributed by atoms with Gasteiger partial charge in [-0.25, -0.2) is 12.8 Å². The number of nitrogens with zero attached hydrogens (tertiary/aromatic N) is 1. The second kappa shape index (κ2) is 8.96. The first-order chi connectivity index (χ1) is 14.2. The molecule has 2 N–H and O–H groups in total. The van der Waals surface area contributed by atoms with E-state index >= 15 is 0 Å². The number of halogens is 1. The van der Waals surface area contributed by atoms with Crippen molar-refractivity contribution in [2.75, 3.05) is 23.7 Å². The fourth-order valence-corrected chi connectivity index (χ4v) is 3.84. The van der Waals surface area contributed by atoms with E-state index in [9.17, 15) is 17.6 Å². The number of nitrogens with one attached hydrogen (secondary N) is 2. The zero-order chi connectivity index (χ0) is 21.7. The van der Waals surface area contributed by atoms with Gasteiger partial charge in [0, 0.05) is 37.6 Å². The van der Waals surface area contributed by atoms with E-state index in [-0.39, 0.29) is 22.1 Å². The van der Waals surface area contributed by atoms with Gasteiger partial charge in [-0.3, -0.25) is 9.52 Å². The van der Waals surface area contributed by atoms with E-state index in [1.165, 1.54) is 30.3 Å². The highest BCUT2D eigenvalue weighted by Gasteiger charge is 2.16. The Hall–Kier alpha value is -3.39. The first-order valence-corrected chi connectivity index (χ1v) is 10.7. The maximum Gasteiger partial charge on any atom is 0.261 e. The molecule has 0 bridgehead atoms. The minimum absolute atomic E-state index is 0.0604. The third-order valence-electron chi connectivity index (χ3n) is 4.41. The van der Waals surface area contributed by atoms with Crippen LogP contribution in [0.15, 0.2) is 77.7 Å². The Kier molecular flexibility index (Phi) is 6.37.